The maximum absolute atomic E-state index is 10.9. The second-order valence-corrected chi connectivity index (χ2v) is 7.41. The van der Waals surface area contributed by atoms with Gasteiger partial charge in [0.1, 0.15) is 12.4 Å². The van der Waals surface area contributed by atoms with E-state index in [2.05, 4.69) is 16.1 Å². The number of hydrogen-bond acceptors (Lipinski definition) is 5. The minimum atomic E-state index is -0.838. The highest BCUT2D eigenvalue weighted by Crippen LogP contribution is 2.20. The van der Waals surface area contributed by atoms with Gasteiger partial charge in [0.05, 0.1) is 24.4 Å². The number of aromatic nitrogens is 3. The van der Waals surface area contributed by atoms with Crippen LogP contribution in [0.3, 0.4) is 0 Å². The predicted octanol–water partition coefficient (Wildman–Crippen LogP) is 4.47. The third-order valence-corrected chi connectivity index (χ3v) is 5.00. The summed E-state index contributed by atoms with van der Waals surface area (Å²) in [5.74, 6) is 0.424. The molecule has 0 atom stereocenters. The quantitative estimate of drug-likeness (QED) is 0.399. The van der Waals surface area contributed by atoms with Crippen LogP contribution in [0.4, 0.5) is 0 Å². The standard InChI is InChI=1S/C25H25N3O4/c1-2-31-25-20(10-14-24(29)30)16-28(27-25)15-18-7-12-22(13-8-18)32-17-21-11-9-19-5-3-4-6-23(19)26-21/h3-9,11-13,16H,2,10,14-15,17H2,1H3,(H,29,30). The molecule has 2 aromatic carbocycles. The van der Waals surface area contributed by atoms with Crippen LogP contribution in [-0.2, 0) is 24.4 Å². The highest BCUT2D eigenvalue weighted by Gasteiger charge is 2.12. The summed E-state index contributed by atoms with van der Waals surface area (Å²) >= 11 is 0. The Morgan fingerprint density at radius 1 is 1.03 bits per heavy atom. The third kappa shape index (κ3) is 5.43. The maximum atomic E-state index is 10.9. The number of aliphatic carboxylic acids is 1. The van der Waals surface area contributed by atoms with Crippen LogP contribution in [0.5, 0.6) is 11.6 Å². The van der Waals surface area contributed by atoms with E-state index in [1.165, 1.54) is 0 Å². The molecule has 0 spiro atoms. The van der Waals surface area contributed by atoms with Crippen LogP contribution in [-0.4, -0.2) is 32.4 Å². The largest absolute Gasteiger partial charge is 0.487 e. The number of benzene rings is 2. The number of nitrogens with zero attached hydrogens (tertiary/aromatic N) is 3. The first kappa shape index (κ1) is 21.4. The van der Waals surface area contributed by atoms with Gasteiger partial charge in [-0.3, -0.25) is 9.48 Å². The molecule has 0 unspecified atom stereocenters. The highest BCUT2D eigenvalue weighted by atomic mass is 16.5. The number of fused-ring (bicyclic) bond motifs is 1. The lowest BCUT2D eigenvalue weighted by Crippen LogP contribution is -2.02. The number of para-hydroxylation sites is 1. The topological polar surface area (TPSA) is 86.5 Å². The molecular formula is C25H25N3O4. The Balaban J connectivity index is 1.37. The van der Waals surface area contributed by atoms with E-state index in [1.807, 2.05) is 67.7 Å². The molecule has 0 saturated heterocycles. The third-order valence-electron chi connectivity index (χ3n) is 5.00. The number of ether oxygens (including phenoxy) is 2. The number of aryl methyl sites for hydroxylation is 1. The summed E-state index contributed by atoms with van der Waals surface area (Å²) in [6, 6.07) is 19.9. The number of hydrogen-bond donors (Lipinski definition) is 1. The number of carboxylic acid groups (broad SMARTS) is 1. The van der Waals surface area contributed by atoms with Crippen LogP contribution in [0, 0.1) is 0 Å². The van der Waals surface area contributed by atoms with Gasteiger partial charge in [-0.15, -0.1) is 5.10 Å². The van der Waals surface area contributed by atoms with Crippen molar-refractivity contribution >= 4 is 16.9 Å². The van der Waals surface area contributed by atoms with Gasteiger partial charge in [0, 0.05) is 23.6 Å². The van der Waals surface area contributed by atoms with E-state index in [0.29, 0.717) is 32.1 Å². The molecule has 0 radical (unpaired) electrons. The van der Waals surface area contributed by atoms with Gasteiger partial charge >= 0.3 is 5.97 Å². The van der Waals surface area contributed by atoms with Crippen molar-refractivity contribution in [3.8, 4) is 11.6 Å². The zero-order valence-electron chi connectivity index (χ0n) is 17.9. The van der Waals surface area contributed by atoms with E-state index in [1.54, 1.807) is 4.68 Å². The second kappa shape index (κ2) is 9.96. The molecule has 32 heavy (non-hydrogen) atoms. The number of carbonyl (C=O) groups is 1. The van der Waals surface area contributed by atoms with Crippen LogP contribution < -0.4 is 9.47 Å². The van der Waals surface area contributed by atoms with Gasteiger partial charge in [-0.2, -0.15) is 0 Å². The van der Waals surface area contributed by atoms with Crippen LogP contribution >= 0.6 is 0 Å². The molecule has 0 aliphatic carbocycles. The molecule has 0 aliphatic rings. The van der Waals surface area contributed by atoms with Gasteiger partial charge in [-0.25, -0.2) is 4.98 Å². The first-order chi connectivity index (χ1) is 15.6. The summed E-state index contributed by atoms with van der Waals surface area (Å²) in [5, 5.41) is 14.5. The second-order valence-electron chi connectivity index (χ2n) is 7.41. The van der Waals surface area contributed by atoms with Crippen LogP contribution in [0.25, 0.3) is 10.9 Å². The first-order valence-electron chi connectivity index (χ1n) is 10.6. The molecule has 7 heteroatoms. The van der Waals surface area contributed by atoms with Gasteiger partial charge in [0.25, 0.3) is 0 Å². The molecule has 4 aromatic rings. The van der Waals surface area contributed by atoms with Crippen molar-refractivity contribution in [3.05, 3.63) is 83.7 Å². The van der Waals surface area contributed by atoms with Crippen molar-refractivity contribution in [2.75, 3.05) is 6.61 Å². The van der Waals surface area contributed by atoms with Crippen molar-refractivity contribution in [3.63, 3.8) is 0 Å². The monoisotopic (exact) mass is 431 g/mol. The van der Waals surface area contributed by atoms with E-state index in [9.17, 15) is 4.79 Å². The number of pyridine rings is 1. The zero-order valence-corrected chi connectivity index (χ0v) is 17.9. The zero-order chi connectivity index (χ0) is 22.3. The Kier molecular flexibility index (Phi) is 6.65. The van der Waals surface area contributed by atoms with E-state index in [4.69, 9.17) is 14.6 Å². The molecule has 2 aromatic heterocycles. The summed E-state index contributed by atoms with van der Waals surface area (Å²) in [6.07, 6.45) is 2.29. The van der Waals surface area contributed by atoms with Crippen molar-refractivity contribution in [2.24, 2.45) is 0 Å². The molecule has 164 valence electrons. The van der Waals surface area contributed by atoms with Crippen LogP contribution in [0.15, 0.2) is 66.9 Å². The van der Waals surface area contributed by atoms with Crippen molar-refractivity contribution in [1.82, 2.24) is 14.8 Å². The minimum Gasteiger partial charge on any atom is -0.487 e. The van der Waals surface area contributed by atoms with Crippen LogP contribution in [0.2, 0.25) is 0 Å². The molecular weight excluding hydrogens is 406 g/mol. The average molecular weight is 431 g/mol. The maximum Gasteiger partial charge on any atom is 0.303 e. The van der Waals surface area contributed by atoms with Gasteiger partial charge in [0.2, 0.25) is 5.88 Å². The summed E-state index contributed by atoms with van der Waals surface area (Å²) in [7, 11) is 0. The van der Waals surface area contributed by atoms with E-state index >= 15 is 0 Å². The Morgan fingerprint density at radius 3 is 2.62 bits per heavy atom. The van der Waals surface area contributed by atoms with Crippen molar-refractivity contribution < 1.29 is 19.4 Å². The Labute approximate surface area is 186 Å². The molecule has 7 nitrogen and oxygen atoms in total. The summed E-state index contributed by atoms with van der Waals surface area (Å²) in [4.78, 5) is 15.5. The number of rotatable bonds is 10. The Bertz CT molecular complexity index is 1200. The molecule has 4 rings (SSSR count). The molecule has 0 bridgehead atoms. The average Bonchev–Trinajstić information content (AvgIpc) is 3.18. The molecule has 0 saturated carbocycles. The number of carboxylic acids is 1. The molecule has 2 heterocycles. The highest BCUT2D eigenvalue weighted by molar-refractivity contribution is 5.78. The lowest BCUT2D eigenvalue weighted by molar-refractivity contribution is -0.136. The lowest BCUT2D eigenvalue weighted by Gasteiger charge is -2.08. The predicted molar refractivity (Wildman–Crippen MR) is 121 cm³/mol. The fraction of sp³-hybridized carbons (Fsp3) is 0.240. The summed E-state index contributed by atoms with van der Waals surface area (Å²) in [5.41, 5.74) is 3.69. The Hall–Kier alpha value is -3.87. The minimum absolute atomic E-state index is 0.0455. The van der Waals surface area contributed by atoms with Crippen molar-refractivity contribution in [1.29, 1.82) is 0 Å². The first-order valence-corrected chi connectivity index (χ1v) is 10.6. The van der Waals surface area contributed by atoms with Gasteiger partial charge < -0.3 is 14.6 Å². The summed E-state index contributed by atoms with van der Waals surface area (Å²) < 4.78 is 13.2. The fourth-order valence-electron chi connectivity index (χ4n) is 3.42. The SMILES string of the molecule is CCOc1nn(Cc2ccc(OCc3ccc4ccccc4n3)cc2)cc1CCC(=O)O. The van der Waals surface area contributed by atoms with Gasteiger partial charge in [-0.1, -0.05) is 36.4 Å². The Morgan fingerprint density at radius 2 is 1.84 bits per heavy atom. The van der Waals surface area contributed by atoms with Crippen molar-refractivity contribution in [2.45, 2.75) is 32.9 Å². The van der Waals surface area contributed by atoms with E-state index < -0.39 is 5.97 Å². The van der Waals surface area contributed by atoms with Gasteiger partial charge in [0.15, 0.2) is 0 Å². The van der Waals surface area contributed by atoms with Gasteiger partial charge in [-0.05, 0) is 43.2 Å². The van der Waals surface area contributed by atoms with E-state index in [0.717, 1.165) is 33.5 Å². The summed E-state index contributed by atoms with van der Waals surface area (Å²) in [6.45, 7) is 3.31. The lowest BCUT2D eigenvalue weighted by atomic mass is 10.2. The normalized spacial score (nSPS) is 10.9. The molecule has 0 amide bonds. The van der Waals surface area contributed by atoms with Crippen LogP contribution in [0.1, 0.15) is 30.2 Å². The van der Waals surface area contributed by atoms with E-state index in [-0.39, 0.29) is 6.42 Å². The molecule has 1 N–H and O–H groups in total. The smallest absolute Gasteiger partial charge is 0.303 e. The molecule has 0 aliphatic heterocycles. The fourth-order valence-corrected chi connectivity index (χ4v) is 3.42. The molecule has 0 fully saturated rings.